The monoisotopic (exact) mass is 249 g/mol. The predicted molar refractivity (Wildman–Crippen MR) is 69.2 cm³/mol. The number of nitrogens with one attached hydrogen (secondary N) is 1. The van der Waals surface area contributed by atoms with Gasteiger partial charge in [0.25, 0.3) is 5.69 Å². The van der Waals surface area contributed by atoms with E-state index in [4.69, 9.17) is 10.5 Å². The van der Waals surface area contributed by atoms with Crippen molar-refractivity contribution >= 4 is 11.4 Å². The largest absolute Gasteiger partial charge is 0.292 e. The Morgan fingerprint density at radius 1 is 0.842 bits per heavy atom. The van der Waals surface area contributed by atoms with Crippen molar-refractivity contribution in [2.45, 2.75) is 0 Å². The van der Waals surface area contributed by atoms with E-state index in [1.165, 1.54) is 0 Å². The summed E-state index contributed by atoms with van der Waals surface area (Å²) in [7, 11) is 0. The van der Waals surface area contributed by atoms with Gasteiger partial charge in [-0.15, -0.1) is 5.43 Å². The van der Waals surface area contributed by atoms with Crippen LogP contribution in [0.2, 0.25) is 0 Å². The Bertz CT molecular complexity index is 675. The number of benzene rings is 2. The summed E-state index contributed by atoms with van der Waals surface area (Å²) in [6.45, 7) is 0. The Morgan fingerprint density at radius 3 is 1.79 bits per heavy atom. The number of nitroso groups, excluding NO2 is 1. The molecule has 0 amide bonds. The van der Waals surface area contributed by atoms with Gasteiger partial charge in [0.2, 0.25) is 0 Å². The zero-order chi connectivity index (χ0) is 13.7. The van der Waals surface area contributed by atoms with Crippen LogP contribution in [-0.2, 0) is 0 Å². The molecular formula is C14H9N4O+. The summed E-state index contributed by atoms with van der Waals surface area (Å²) in [4.78, 5) is 12.4. The second-order valence-electron chi connectivity index (χ2n) is 3.75. The highest BCUT2D eigenvalue weighted by Crippen LogP contribution is 2.15. The van der Waals surface area contributed by atoms with Crippen LogP contribution in [0.1, 0.15) is 11.1 Å². The van der Waals surface area contributed by atoms with Crippen molar-refractivity contribution < 1.29 is 4.87 Å². The van der Waals surface area contributed by atoms with Gasteiger partial charge >= 0.3 is 0 Å². The number of hydrogen-bond donors (Lipinski definition) is 1. The van der Waals surface area contributed by atoms with Gasteiger partial charge in [0.15, 0.2) is 4.87 Å². The van der Waals surface area contributed by atoms with Crippen LogP contribution in [-0.4, -0.2) is 4.87 Å². The lowest BCUT2D eigenvalue weighted by Gasteiger charge is -1.97. The minimum absolute atomic E-state index is 0.392. The third-order valence-corrected chi connectivity index (χ3v) is 2.48. The van der Waals surface area contributed by atoms with Crippen LogP contribution in [0.25, 0.3) is 0 Å². The first kappa shape index (κ1) is 12.3. The maximum absolute atomic E-state index is 11.8. The van der Waals surface area contributed by atoms with Crippen molar-refractivity contribution in [3.8, 4) is 12.1 Å². The topological polar surface area (TPSA) is 79.7 Å². The molecule has 5 heteroatoms. The molecule has 0 spiro atoms. The first-order valence-electron chi connectivity index (χ1n) is 5.47. The third-order valence-electron chi connectivity index (χ3n) is 2.48. The van der Waals surface area contributed by atoms with Gasteiger partial charge in [0.1, 0.15) is 5.69 Å². The van der Waals surface area contributed by atoms with E-state index in [0.717, 1.165) is 0 Å². The molecule has 0 saturated heterocycles. The second-order valence-corrected chi connectivity index (χ2v) is 3.75. The minimum atomic E-state index is 0.392. The minimum Gasteiger partial charge on any atom is -0.192 e. The summed E-state index contributed by atoms with van der Waals surface area (Å²) in [6.07, 6.45) is 0. The van der Waals surface area contributed by atoms with Gasteiger partial charge in [0, 0.05) is 12.1 Å². The third kappa shape index (κ3) is 2.93. The first-order valence-corrected chi connectivity index (χ1v) is 5.47. The van der Waals surface area contributed by atoms with E-state index in [9.17, 15) is 4.91 Å². The highest BCUT2D eigenvalue weighted by Gasteiger charge is 2.13. The molecule has 0 aliphatic heterocycles. The molecule has 0 atom stereocenters. The van der Waals surface area contributed by atoms with Crippen LogP contribution in [0.3, 0.4) is 0 Å². The van der Waals surface area contributed by atoms with Crippen LogP contribution >= 0.6 is 0 Å². The van der Waals surface area contributed by atoms with Crippen LogP contribution in [0.4, 0.5) is 11.4 Å². The number of hydrogen-bond acceptors (Lipinski definition) is 3. The molecule has 0 heterocycles. The zero-order valence-corrected chi connectivity index (χ0v) is 9.87. The van der Waals surface area contributed by atoms with Crippen molar-refractivity contribution in [2.24, 2.45) is 0 Å². The van der Waals surface area contributed by atoms with Crippen molar-refractivity contribution in [3.05, 3.63) is 64.6 Å². The number of nitriles is 2. The molecule has 0 bridgehead atoms. The second kappa shape index (κ2) is 5.44. The Morgan fingerprint density at radius 2 is 1.32 bits per heavy atom. The SMILES string of the molecule is N#Cc1ccc(N[N+](=O)c2ccc(C#N)cc2)cc1. The maximum Gasteiger partial charge on any atom is 0.292 e. The van der Waals surface area contributed by atoms with Crippen LogP contribution in [0.5, 0.6) is 0 Å². The maximum atomic E-state index is 11.8. The molecule has 90 valence electrons. The number of anilines is 1. The van der Waals surface area contributed by atoms with Crippen LogP contribution in [0, 0.1) is 27.6 Å². The summed E-state index contributed by atoms with van der Waals surface area (Å²) >= 11 is 0. The molecule has 0 aliphatic carbocycles. The average molecular weight is 249 g/mol. The molecule has 1 N–H and O–H groups in total. The fourth-order valence-electron chi connectivity index (χ4n) is 1.47. The molecule has 19 heavy (non-hydrogen) atoms. The standard InChI is InChI=1S/C14H9N4O/c15-9-11-1-5-13(6-2-11)17-18(19)14-7-3-12(10-16)4-8-14/h1-8H,(H,17,19)/q+1. The number of nitrogens with zero attached hydrogens (tertiary/aromatic N) is 3. The molecule has 2 aromatic rings. The van der Waals surface area contributed by atoms with E-state index < -0.39 is 0 Å². The molecular weight excluding hydrogens is 240 g/mol. The molecule has 2 aromatic carbocycles. The van der Waals surface area contributed by atoms with E-state index in [-0.39, 0.29) is 0 Å². The molecule has 0 unspecified atom stereocenters. The Kier molecular flexibility index (Phi) is 3.51. The Hall–Kier alpha value is -3.18. The number of rotatable bonds is 3. The van der Waals surface area contributed by atoms with Crippen molar-refractivity contribution in [3.63, 3.8) is 0 Å². The average Bonchev–Trinajstić information content (AvgIpc) is 2.48. The predicted octanol–water partition coefficient (Wildman–Crippen LogP) is 2.87. The van der Waals surface area contributed by atoms with E-state index >= 15 is 0 Å². The molecule has 0 saturated carbocycles. The van der Waals surface area contributed by atoms with Crippen LogP contribution < -0.4 is 5.43 Å². The first-order chi connectivity index (χ1) is 9.22. The van der Waals surface area contributed by atoms with Gasteiger partial charge in [0.05, 0.1) is 28.2 Å². The summed E-state index contributed by atoms with van der Waals surface area (Å²) < 4.78 is 0. The van der Waals surface area contributed by atoms with Crippen molar-refractivity contribution in [2.75, 3.05) is 5.43 Å². The van der Waals surface area contributed by atoms with Gasteiger partial charge in [-0.1, -0.05) is 0 Å². The lowest BCUT2D eigenvalue weighted by Crippen LogP contribution is -2.10. The summed E-state index contributed by atoms with van der Waals surface area (Å²) in [5, 5.41) is 17.3. The Balaban J connectivity index is 2.11. The highest BCUT2D eigenvalue weighted by atomic mass is 16.3. The van der Waals surface area contributed by atoms with Gasteiger partial charge in [-0.3, -0.25) is 0 Å². The lowest BCUT2D eigenvalue weighted by molar-refractivity contribution is -0.427. The number of hydrazine groups is 1. The summed E-state index contributed by atoms with van der Waals surface area (Å²) in [5.41, 5.74) is 4.63. The highest BCUT2D eigenvalue weighted by molar-refractivity contribution is 5.46. The summed E-state index contributed by atoms with van der Waals surface area (Å²) in [5.74, 6) is 0. The molecule has 5 nitrogen and oxygen atoms in total. The lowest BCUT2D eigenvalue weighted by atomic mass is 10.2. The molecule has 0 aromatic heterocycles. The van der Waals surface area contributed by atoms with Crippen molar-refractivity contribution in [1.29, 1.82) is 10.5 Å². The summed E-state index contributed by atoms with van der Waals surface area (Å²) in [6, 6.07) is 16.8. The van der Waals surface area contributed by atoms with E-state index in [1.54, 1.807) is 48.5 Å². The fourth-order valence-corrected chi connectivity index (χ4v) is 1.47. The van der Waals surface area contributed by atoms with Gasteiger partial charge < -0.3 is 0 Å². The van der Waals surface area contributed by atoms with Gasteiger partial charge in [-0.25, -0.2) is 0 Å². The quantitative estimate of drug-likeness (QED) is 0.670. The zero-order valence-electron chi connectivity index (χ0n) is 9.87. The molecule has 2 rings (SSSR count). The van der Waals surface area contributed by atoms with Gasteiger partial charge in [-0.05, 0) is 36.4 Å². The molecule has 0 radical (unpaired) electrons. The fraction of sp³-hybridized carbons (Fsp3) is 0. The Labute approximate surface area is 109 Å². The van der Waals surface area contributed by atoms with Crippen LogP contribution in [0.15, 0.2) is 48.5 Å². The van der Waals surface area contributed by atoms with E-state index in [1.807, 2.05) is 12.1 Å². The normalized spacial score (nSPS) is 9.16. The molecule has 0 aliphatic rings. The van der Waals surface area contributed by atoms with E-state index in [2.05, 4.69) is 5.43 Å². The smallest absolute Gasteiger partial charge is 0.192 e. The molecule has 0 fully saturated rings. The van der Waals surface area contributed by atoms with E-state index in [0.29, 0.717) is 27.4 Å². The van der Waals surface area contributed by atoms with Crippen molar-refractivity contribution in [1.82, 2.24) is 0 Å². The van der Waals surface area contributed by atoms with Gasteiger partial charge in [-0.2, -0.15) is 10.5 Å².